The highest BCUT2D eigenvalue weighted by Gasteiger charge is 2.28. The molecule has 1 aliphatic rings. The molecule has 0 aliphatic carbocycles. The van der Waals surface area contributed by atoms with Crippen molar-refractivity contribution in [3.05, 3.63) is 58.7 Å². The molecule has 0 N–H and O–H groups in total. The number of hydrogen-bond donors (Lipinski definition) is 0. The number of allylic oxidation sites excluding steroid dienone is 8. The number of Topliss-reactive ketones (excluding diaryl/α,β-unsaturated/α-hetero) is 1. The van der Waals surface area contributed by atoms with Crippen molar-refractivity contribution in [2.24, 2.45) is 0 Å². The summed E-state index contributed by atoms with van der Waals surface area (Å²) in [6.07, 6.45) is 20.6. The monoisotopic (exact) mass is 454 g/mol. The highest BCUT2D eigenvalue weighted by atomic mass is 16.1. The number of carbonyl (C=O) groups is 1. The summed E-state index contributed by atoms with van der Waals surface area (Å²) in [7, 11) is 0. The lowest BCUT2D eigenvalue weighted by Crippen LogP contribution is -2.55. The van der Waals surface area contributed by atoms with Crippen LogP contribution in [0, 0.1) is 0 Å². The number of rotatable bonds is 14. The van der Waals surface area contributed by atoms with Gasteiger partial charge in [0.2, 0.25) is 0 Å². The molecule has 3 heteroatoms. The molecular weight excluding hydrogens is 404 g/mol. The Hall–Kier alpha value is -1.71. The van der Waals surface area contributed by atoms with Gasteiger partial charge in [-0.3, -0.25) is 14.6 Å². The van der Waals surface area contributed by atoms with E-state index in [2.05, 4.69) is 80.9 Å². The van der Waals surface area contributed by atoms with Crippen LogP contribution >= 0.6 is 0 Å². The lowest BCUT2D eigenvalue weighted by molar-refractivity contribution is -0.124. The molecule has 0 aromatic carbocycles. The largest absolute Gasteiger partial charge is 0.298 e. The molecule has 1 fully saturated rings. The van der Waals surface area contributed by atoms with Gasteiger partial charge in [0, 0.05) is 32.7 Å². The highest BCUT2D eigenvalue weighted by Crippen LogP contribution is 2.15. The predicted octanol–water partition coefficient (Wildman–Crippen LogP) is 7.28. The van der Waals surface area contributed by atoms with Gasteiger partial charge in [-0.25, -0.2) is 0 Å². The minimum Gasteiger partial charge on any atom is -0.298 e. The summed E-state index contributed by atoms with van der Waals surface area (Å²) in [6, 6.07) is 0.0270. The van der Waals surface area contributed by atoms with E-state index < -0.39 is 0 Å². The van der Waals surface area contributed by atoms with Crippen LogP contribution < -0.4 is 0 Å². The second-order valence-electron chi connectivity index (χ2n) is 10.00. The topological polar surface area (TPSA) is 23.6 Å². The molecule has 0 aromatic heterocycles. The van der Waals surface area contributed by atoms with Gasteiger partial charge in [-0.05, 0) is 87.0 Å². The van der Waals surface area contributed by atoms with E-state index in [9.17, 15) is 4.79 Å². The number of hydrogen-bond acceptors (Lipinski definition) is 3. The van der Waals surface area contributed by atoms with Crippen LogP contribution in [0.15, 0.2) is 58.7 Å². The number of ketones is 1. The van der Waals surface area contributed by atoms with E-state index in [0.29, 0.717) is 0 Å². The van der Waals surface area contributed by atoms with Crippen LogP contribution in [-0.2, 0) is 4.79 Å². The van der Waals surface area contributed by atoms with Crippen molar-refractivity contribution in [1.29, 1.82) is 0 Å². The standard InChI is InChI=1S/C30H50N2O/c1-8-9-20-32-23-22-31(24-30(32)29(7)33)21-19-28(6)18-12-17-27(5)16-11-15-26(4)14-10-13-25(2)3/h8-9,13,15,17,19,30H,10-12,14,16,18,20-24H2,1-7H3. The fourth-order valence-corrected chi connectivity index (χ4v) is 4.16. The maximum absolute atomic E-state index is 12.1. The van der Waals surface area contributed by atoms with Crippen molar-refractivity contribution in [2.45, 2.75) is 93.0 Å². The van der Waals surface area contributed by atoms with Gasteiger partial charge in [-0.2, -0.15) is 0 Å². The summed E-state index contributed by atoms with van der Waals surface area (Å²) in [4.78, 5) is 16.9. The summed E-state index contributed by atoms with van der Waals surface area (Å²) in [6.45, 7) is 19.5. The molecule has 33 heavy (non-hydrogen) atoms. The molecule has 0 amide bonds. The summed E-state index contributed by atoms with van der Waals surface area (Å²) in [5.41, 5.74) is 5.87. The Labute approximate surface area is 205 Å². The summed E-state index contributed by atoms with van der Waals surface area (Å²) < 4.78 is 0. The molecule has 1 saturated heterocycles. The molecule has 3 nitrogen and oxygen atoms in total. The van der Waals surface area contributed by atoms with Gasteiger partial charge in [-0.15, -0.1) is 0 Å². The Bertz CT molecular complexity index is 734. The average Bonchev–Trinajstić information content (AvgIpc) is 2.76. The van der Waals surface area contributed by atoms with Gasteiger partial charge < -0.3 is 0 Å². The predicted molar refractivity (Wildman–Crippen MR) is 146 cm³/mol. The Morgan fingerprint density at radius 1 is 0.758 bits per heavy atom. The second-order valence-corrected chi connectivity index (χ2v) is 10.00. The van der Waals surface area contributed by atoms with E-state index in [-0.39, 0.29) is 11.8 Å². The van der Waals surface area contributed by atoms with Gasteiger partial charge >= 0.3 is 0 Å². The van der Waals surface area contributed by atoms with Crippen LogP contribution in [0.2, 0.25) is 0 Å². The van der Waals surface area contributed by atoms with E-state index in [1.54, 1.807) is 6.92 Å². The van der Waals surface area contributed by atoms with Crippen LogP contribution in [0.1, 0.15) is 87.0 Å². The molecular formula is C30H50N2O. The maximum Gasteiger partial charge on any atom is 0.148 e. The van der Waals surface area contributed by atoms with E-state index in [4.69, 9.17) is 0 Å². The van der Waals surface area contributed by atoms with Crippen molar-refractivity contribution in [3.63, 3.8) is 0 Å². The first-order chi connectivity index (χ1) is 15.7. The molecule has 1 aliphatic heterocycles. The van der Waals surface area contributed by atoms with Crippen molar-refractivity contribution >= 4 is 5.78 Å². The average molecular weight is 455 g/mol. The van der Waals surface area contributed by atoms with Gasteiger partial charge in [0.05, 0.1) is 6.04 Å². The molecule has 0 saturated carbocycles. The number of carbonyl (C=O) groups excluding carboxylic acids is 1. The summed E-state index contributed by atoms with van der Waals surface area (Å²) in [5, 5.41) is 0. The van der Waals surface area contributed by atoms with Crippen LogP contribution in [0.4, 0.5) is 0 Å². The minimum atomic E-state index is 0.0270. The molecule has 0 bridgehead atoms. The van der Waals surface area contributed by atoms with Crippen molar-refractivity contribution in [1.82, 2.24) is 9.80 Å². The number of nitrogens with zero attached hydrogens (tertiary/aromatic N) is 2. The van der Waals surface area contributed by atoms with E-state index in [0.717, 1.165) is 64.8 Å². The van der Waals surface area contributed by atoms with Gasteiger partial charge in [0.15, 0.2) is 0 Å². The first-order valence-corrected chi connectivity index (χ1v) is 12.9. The Kier molecular flexibility index (Phi) is 15.0. The quantitative estimate of drug-likeness (QED) is 0.258. The lowest BCUT2D eigenvalue weighted by Gasteiger charge is -2.39. The van der Waals surface area contributed by atoms with Crippen LogP contribution in [-0.4, -0.2) is 54.3 Å². The molecule has 1 rings (SSSR count). The summed E-state index contributed by atoms with van der Waals surface area (Å²) in [5.74, 6) is 0.281. The third-order valence-electron chi connectivity index (χ3n) is 6.47. The molecule has 0 aromatic rings. The summed E-state index contributed by atoms with van der Waals surface area (Å²) >= 11 is 0. The van der Waals surface area contributed by atoms with Crippen LogP contribution in [0.3, 0.4) is 0 Å². The van der Waals surface area contributed by atoms with E-state index >= 15 is 0 Å². The van der Waals surface area contributed by atoms with Gasteiger partial charge in [0.25, 0.3) is 0 Å². The van der Waals surface area contributed by atoms with Crippen LogP contribution in [0.25, 0.3) is 0 Å². The first-order valence-electron chi connectivity index (χ1n) is 12.9. The van der Waals surface area contributed by atoms with Gasteiger partial charge in [0.1, 0.15) is 5.78 Å². The fraction of sp³-hybridized carbons (Fsp3) is 0.633. The van der Waals surface area contributed by atoms with E-state index in [1.165, 1.54) is 28.7 Å². The third kappa shape index (κ3) is 13.6. The van der Waals surface area contributed by atoms with Crippen molar-refractivity contribution < 1.29 is 4.79 Å². The van der Waals surface area contributed by atoms with Gasteiger partial charge in [-0.1, -0.05) is 58.7 Å². The maximum atomic E-state index is 12.1. The highest BCUT2D eigenvalue weighted by molar-refractivity contribution is 5.81. The Morgan fingerprint density at radius 3 is 1.82 bits per heavy atom. The van der Waals surface area contributed by atoms with Crippen molar-refractivity contribution in [3.8, 4) is 0 Å². The first kappa shape index (κ1) is 29.3. The lowest BCUT2D eigenvalue weighted by atomic mass is 10.0. The SMILES string of the molecule is CC=CCN1CCN(CC=C(C)CCC=C(C)CCC=C(C)CCC=C(C)C)CC1C(C)=O. The zero-order chi connectivity index (χ0) is 24.6. The van der Waals surface area contributed by atoms with Crippen molar-refractivity contribution in [2.75, 3.05) is 32.7 Å². The Balaban J connectivity index is 2.36. The molecule has 1 heterocycles. The van der Waals surface area contributed by atoms with Crippen LogP contribution in [0.5, 0.6) is 0 Å². The number of piperazine rings is 1. The zero-order valence-corrected chi connectivity index (χ0v) is 22.6. The zero-order valence-electron chi connectivity index (χ0n) is 22.6. The Morgan fingerprint density at radius 2 is 1.30 bits per heavy atom. The normalized spacial score (nSPS) is 19.4. The molecule has 0 spiro atoms. The smallest absolute Gasteiger partial charge is 0.148 e. The van der Waals surface area contributed by atoms with E-state index in [1.807, 2.05) is 6.92 Å². The minimum absolute atomic E-state index is 0.0270. The molecule has 1 unspecified atom stereocenters. The fourth-order valence-electron chi connectivity index (χ4n) is 4.16. The molecule has 186 valence electrons. The molecule has 0 radical (unpaired) electrons. The third-order valence-corrected chi connectivity index (χ3v) is 6.47. The second kappa shape index (κ2) is 16.8. The molecule has 1 atom stereocenters.